The summed E-state index contributed by atoms with van der Waals surface area (Å²) in [6.45, 7) is 0. The van der Waals surface area contributed by atoms with Crippen molar-refractivity contribution in [2.75, 3.05) is 10.5 Å². The van der Waals surface area contributed by atoms with E-state index >= 15 is 0 Å². The summed E-state index contributed by atoms with van der Waals surface area (Å²) in [5, 5.41) is 8.22. The van der Waals surface area contributed by atoms with Crippen molar-refractivity contribution < 1.29 is 31.5 Å². The summed E-state index contributed by atoms with van der Waals surface area (Å²) in [6, 6.07) is 2.24. The Morgan fingerprint density at radius 1 is 1.33 bits per heavy atom. The summed E-state index contributed by atoms with van der Waals surface area (Å²) >= 11 is 5.65. The number of aliphatic carboxylic acids is 1. The molecule has 0 saturated heterocycles. The van der Waals surface area contributed by atoms with E-state index in [0.29, 0.717) is 6.07 Å². The van der Waals surface area contributed by atoms with Gasteiger partial charge in [0.2, 0.25) is 10.0 Å². The average molecular weight is 346 g/mol. The number of carboxylic acids is 1. The van der Waals surface area contributed by atoms with Crippen molar-refractivity contribution in [2.45, 2.75) is 19.0 Å². The smallest absolute Gasteiger partial charge is 0.416 e. The lowest BCUT2D eigenvalue weighted by Crippen LogP contribution is -2.18. The molecule has 1 aromatic carbocycles. The highest BCUT2D eigenvalue weighted by molar-refractivity contribution is 7.92. The van der Waals surface area contributed by atoms with Crippen LogP contribution in [-0.2, 0) is 21.0 Å². The van der Waals surface area contributed by atoms with E-state index in [1.807, 2.05) is 4.72 Å². The molecule has 0 fully saturated rings. The molecule has 0 saturated carbocycles. The van der Waals surface area contributed by atoms with Crippen LogP contribution in [-0.4, -0.2) is 25.2 Å². The molecule has 21 heavy (non-hydrogen) atoms. The molecule has 0 aliphatic carbocycles. The Labute approximate surface area is 123 Å². The lowest BCUT2D eigenvalue weighted by molar-refractivity contribution is -0.138. The molecule has 1 aromatic rings. The highest BCUT2D eigenvalue weighted by atomic mass is 35.5. The minimum Gasteiger partial charge on any atom is -0.481 e. The molecular formula is C11H11ClF3NO4S. The summed E-state index contributed by atoms with van der Waals surface area (Å²) < 4.78 is 62.8. The van der Waals surface area contributed by atoms with Gasteiger partial charge in [-0.15, -0.1) is 0 Å². The monoisotopic (exact) mass is 345 g/mol. The standard InChI is InChI=1S/C11H11ClF3NO4S/c12-8-4-3-7(11(13,14)15)6-9(8)16-21(19,20)5-1-2-10(17)18/h3-4,6,16H,1-2,5H2,(H,17,18). The Kier molecular flexibility index (Phi) is 5.46. The number of carbonyl (C=O) groups is 1. The molecule has 10 heteroatoms. The van der Waals surface area contributed by atoms with E-state index in [4.69, 9.17) is 16.7 Å². The summed E-state index contributed by atoms with van der Waals surface area (Å²) in [5.74, 6) is -1.70. The van der Waals surface area contributed by atoms with Crippen molar-refractivity contribution in [1.82, 2.24) is 0 Å². The van der Waals surface area contributed by atoms with Gasteiger partial charge in [0.25, 0.3) is 0 Å². The Balaban J connectivity index is 2.89. The van der Waals surface area contributed by atoms with Gasteiger partial charge in [-0.2, -0.15) is 13.2 Å². The molecular weight excluding hydrogens is 335 g/mol. The van der Waals surface area contributed by atoms with E-state index in [1.54, 1.807) is 0 Å². The predicted octanol–water partition coefficient (Wildman–Crippen LogP) is 2.97. The third-order valence-electron chi connectivity index (χ3n) is 2.36. The number of nitrogens with one attached hydrogen (secondary N) is 1. The first-order chi connectivity index (χ1) is 9.51. The van der Waals surface area contributed by atoms with Gasteiger partial charge in [-0.1, -0.05) is 11.6 Å². The molecule has 1 rings (SSSR count). The van der Waals surface area contributed by atoms with Crippen molar-refractivity contribution in [3.63, 3.8) is 0 Å². The number of anilines is 1. The quantitative estimate of drug-likeness (QED) is 0.830. The fraction of sp³-hybridized carbons (Fsp3) is 0.364. The molecule has 0 bridgehead atoms. The van der Waals surface area contributed by atoms with Crippen LogP contribution in [0.1, 0.15) is 18.4 Å². The van der Waals surface area contributed by atoms with Crippen molar-refractivity contribution in [2.24, 2.45) is 0 Å². The Hall–Kier alpha value is -1.48. The van der Waals surface area contributed by atoms with Gasteiger partial charge in [0.1, 0.15) is 0 Å². The molecule has 0 aliphatic heterocycles. The summed E-state index contributed by atoms with van der Waals surface area (Å²) in [5.41, 5.74) is -1.45. The van der Waals surface area contributed by atoms with Crippen LogP contribution in [0.4, 0.5) is 18.9 Å². The lowest BCUT2D eigenvalue weighted by atomic mass is 10.2. The minimum absolute atomic E-state index is 0.165. The number of rotatable bonds is 6. The fourth-order valence-corrected chi connectivity index (χ4v) is 2.76. The number of benzene rings is 1. The number of hydrogen-bond donors (Lipinski definition) is 2. The molecule has 118 valence electrons. The molecule has 0 amide bonds. The van der Waals surface area contributed by atoms with Gasteiger partial charge in [0.05, 0.1) is 22.0 Å². The molecule has 0 atom stereocenters. The van der Waals surface area contributed by atoms with Crippen LogP contribution in [0.2, 0.25) is 5.02 Å². The number of sulfonamides is 1. The second-order valence-electron chi connectivity index (χ2n) is 4.11. The molecule has 0 aromatic heterocycles. The van der Waals surface area contributed by atoms with Gasteiger partial charge >= 0.3 is 12.1 Å². The summed E-state index contributed by atoms with van der Waals surface area (Å²) in [6.07, 6.45) is -5.16. The molecule has 0 aliphatic rings. The van der Waals surface area contributed by atoms with E-state index in [9.17, 15) is 26.4 Å². The van der Waals surface area contributed by atoms with Crippen LogP contribution in [0, 0.1) is 0 Å². The second-order valence-corrected chi connectivity index (χ2v) is 6.36. The van der Waals surface area contributed by atoms with Crippen LogP contribution >= 0.6 is 11.6 Å². The maximum atomic E-state index is 12.5. The van der Waals surface area contributed by atoms with Crippen molar-refractivity contribution in [3.8, 4) is 0 Å². The fourth-order valence-electron chi connectivity index (χ4n) is 1.41. The predicted molar refractivity (Wildman–Crippen MR) is 70.7 cm³/mol. The van der Waals surface area contributed by atoms with Crippen molar-refractivity contribution in [3.05, 3.63) is 28.8 Å². The second kappa shape index (κ2) is 6.52. The third-order valence-corrected chi connectivity index (χ3v) is 4.05. The van der Waals surface area contributed by atoms with Gasteiger partial charge in [-0.3, -0.25) is 9.52 Å². The van der Waals surface area contributed by atoms with Crippen molar-refractivity contribution in [1.29, 1.82) is 0 Å². The largest absolute Gasteiger partial charge is 0.481 e. The zero-order chi connectivity index (χ0) is 16.3. The molecule has 0 unspecified atom stereocenters. The van der Waals surface area contributed by atoms with E-state index in [-0.39, 0.29) is 17.9 Å². The summed E-state index contributed by atoms with van der Waals surface area (Å²) in [7, 11) is -3.98. The van der Waals surface area contributed by atoms with E-state index in [1.165, 1.54) is 0 Å². The van der Waals surface area contributed by atoms with Gasteiger partial charge in [0.15, 0.2) is 0 Å². The number of carboxylic acid groups (broad SMARTS) is 1. The van der Waals surface area contributed by atoms with Gasteiger partial charge in [-0.05, 0) is 24.6 Å². The Morgan fingerprint density at radius 2 is 1.95 bits per heavy atom. The third kappa shape index (κ3) is 5.80. The molecule has 0 radical (unpaired) electrons. The number of halogens is 4. The zero-order valence-electron chi connectivity index (χ0n) is 10.4. The van der Waals surface area contributed by atoms with Gasteiger partial charge in [0, 0.05) is 6.42 Å². The lowest BCUT2D eigenvalue weighted by Gasteiger charge is -2.12. The van der Waals surface area contributed by atoms with Crippen LogP contribution in [0.25, 0.3) is 0 Å². The summed E-state index contributed by atoms with van der Waals surface area (Å²) in [4.78, 5) is 10.3. The van der Waals surface area contributed by atoms with E-state index in [0.717, 1.165) is 12.1 Å². The normalized spacial score (nSPS) is 12.2. The number of alkyl halides is 3. The maximum Gasteiger partial charge on any atom is 0.416 e. The van der Waals surface area contributed by atoms with Crippen LogP contribution in [0.3, 0.4) is 0 Å². The SMILES string of the molecule is O=C(O)CCCS(=O)(=O)Nc1cc(C(F)(F)F)ccc1Cl. The zero-order valence-corrected chi connectivity index (χ0v) is 12.0. The van der Waals surface area contributed by atoms with Gasteiger partial charge in [-0.25, -0.2) is 8.42 Å². The Bertz CT molecular complexity index is 631. The highest BCUT2D eigenvalue weighted by Gasteiger charge is 2.31. The van der Waals surface area contributed by atoms with Gasteiger partial charge < -0.3 is 5.11 Å². The highest BCUT2D eigenvalue weighted by Crippen LogP contribution is 2.34. The van der Waals surface area contributed by atoms with Crippen molar-refractivity contribution >= 4 is 33.3 Å². The minimum atomic E-state index is -4.63. The van der Waals surface area contributed by atoms with E-state index in [2.05, 4.69) is 0 Å². The maximum absolute atomic E-state index is 12.5. The molecule has 5 nitrogen and oxygen atoms in total. The van der Waals surface area contributed by atoms with Crippen LogP contribution < -0.4 is 4.72 Å². The van der Waals surface area contributed by atoms with E-state index < -0.39 is 39.2 Å². The first-order valence-electron chi connectivity index (χ1n) is 5.60. The van der Waals surface area contributed by atoms with Crippen LogP contribution in [0.5, 0.6) is 0 Å². The first kappa shape index (κ1) is 17.6. The molecule has 2 N–H and O–H groups in total. The Morgan fingerprint density at radius 3 is 2.48 bits per heavy atom. The first-order valence-corrected chi connectivity index (χ1v) is 7.63. The topological polar surface area (TPSA) is 83.5 Å². The average Bonchev–Trinajstić information content (AvgIpc) is 2.29. The molecule has 0 spiro atoms. The molecule has 0 heterocycles. The number of hydrogen-bond acceptors (Lipinski definition) is 3. The van der Waals surface area contributed by atoms with Crippen LogP contribution in [0.15, 0.2) is 18.2 Å².